The van der Waals surface area contributed by atoms with Crippen molar-refractivity contribution in [3.8, 4) is 5.75 Å². The third-order valence-corrected chi connectivity index (χ3v) is 7.35. The van der Waals surface area contributed by atoms with Crippen molar-refractivity contribution in [2.45, 2.75) is 44.1 Å². The Balaban J connectivity index is 1.56. The maximum atomic E-state index is 14.0. The molecule has 0 bridgehead atoms. The van der Waals surface area contributed by atoms with Crippen molar-refractivity contribution in [1.29, 1.82) is 0 Å². The van der Waals surface area contributed by atoms with E-state index in [2.05, 4.69) is 9.72 Å². The lowest BCUT2D eigenvalue weighted by Crippen LogP contribution is -2.55. The maximum Gasteiger partial charge on any atom is 0.430 e. The number of halogens is 6. The summed E-state index contributed by atoms with van der Waals surface area (Å²) in [6, 6.07) is 6.77. The van der Waals surface area contributed by atoms with Crippen LogP contribution in [0.15, 0.2) is 36.4 Å². The summed E-state index contributed by atoms with van der Waals surface area (Å²) in [5.74, 6) is -1.59. The number of amides is 2. The molecule has 0 unspecified atom stereocenters. The molecule has 1 aromatic carbocycles. The fourth-order valence-corrected chi connectivity index (χ4v) is 4.98. The summed E-state index contributed by atoms with van der Waals surface area (Å²) in [6.45, 7) is -2.02. The lowest BCUT2D eigenvalue weighted by molar-refractivity contribution is -0.261. The van der Waals surface area contributed by atoms with Crippen molar-refractivity contribution in [3.05, 3.63) is 52.7 Å². The highest BCUT2D eigenvalue weighted by molar-refractivity contribution is 6.32. The lowest BCUT2D eigenvalue weighted by Gasteiger charge is -2.34. The molecule has 1 aliphatic rings. The average Bonchev–Trinajstić information content (AvgIpc) is 2.91. The normalized spacial score (nSPS) is 15.9. The monoisotopic (exact) mass is 606 g/mol. The Bertz CT molecular complexity index is 1220. The molecule has 3 rings (SSSR count). The number of benzene rings is 1. The molecule has 0 radical (unpaired) electrons. The number of pyridine rings is 1. The van der Waals surface area contributed by atoms with Gasteiger partial charge in [-0.15, -0.1) is 0 Å². The third-order valence-electron chi connectivity index (χ3n) is 7.06. The average molecular weight is 607 g/mol. The molecule has 1 N–H and O–H groups in total. The van der Waals surface area contributed by atoms with Crippen molar-refractivity contribution in [2.75, 3.05) is 45.7 Å². The van der Waals surface area contributed by atoms with Crippen LogP contribution in [-0.4, -0.2) is 85.3 Å². The zero-order valence-corrected chi connectivity index (χ0v) is 23.6. The number of carbonyl (C=O) groups excluding carboxylic acids is 2. The van der Waals surface area contributed by atoms with E-state index in [-0.39, 0.29) is 23.5 Å². The molecular weight excluding hydrogens is 575 g/mol. The molecule has 226 valence electrons. The number of carbonyl (C=O) groups is 2. The van der Waals surface area contributed by atoms with Crippen LogP contribution in [0.2, 0.25) is 5.15 Å². The molecule has 2 heterocycles. The molecule has 0 saturated carbocycles. The van der Waals surface area contributed by atoms with Gasteiger partial charge in [0.15, 0.2) is 0 Å². The zero-order valence-electron chi connectivity index (χ0n) is 22.8. The van der Waals surface area contributed by atoms with Gasteiger partial charge in [-0.3, -0.25) is 9.59 Å². The highest BCUT2D eigenvalue weighted by Gasteiger charge is 2.61. The summed E-state index contributed by atoms with van der Waals surface area (Å²) in [7, 11) is 4.39. The topological polar surface area (TPSA) is 86.2 Å². The number of ether oxygens (including phenoxy) is 1. The van der Waals surface area contributed by atoms with Crippen LogP contribution >= 0.6 is 11.6 Å². The van der Waals surface area contributed by atoms with E-state index in [4.69, 9.17) is 11.6 Å². The minimum absolute atomic E-state index is 0.0524. The molecule has 1 aliphatic heterocycles. The molecular formula is C27H32ClF5N4O4. The first-order valence-corrected chi connectivity index (χ1v) is 13.3. The zero-order chi connectivity index (χ0) is 30.5. The van der Waals surface area contributed by atoms with Crippen LogP contribution in [0, 0.1) is 5.92 Å². The van der Waals surface area contributed by atoms with Crippen LogP contribution in [0.25, 0.3) is 0 Å². The Morgan fingerprint density at radius 3 is 2.37 bits per heavy atom. The summed E-state index contributed by atoms with van der Waals surface area (Å²) in [5, 5.41) is 10.7. The SMILES string of the molecule is CN(C)C(=O)c1ccc(N2CCC(CCCN(C)C(=O)[C@@](O)(c3cccc(OC(F)F)c3)C(F)(F)F)CC2)nc1Cl. The summed E-state index contributed by atoms with van der Waals surface area (Å²) >= 11 is 6.22. The first-order chi connectivity index (χ1) is 19.1. The van der Waals surface area contributed by atoms with Crippen molar-refractivity contribution in [2.24, 2.45) is 5.92 Å². The van der Waals surface area contributed by atoms with Gasteiger partial charge in [0.1, 0.15) is 16.7 Å². The van der Waals surface area contributed by atoms with E-state index in [1.165, 1.54) is 4.90 Å². The fraction of sp³-hybridized carbons (Fsp3) is 0.519. The first-order valence-electron chi connectivity index (χ1n) is 12.9. The van der Waals surface area contributed by atoms with Gasteiger partial charge in [-0.1, -0.05) is 23.7 Å². The lowest BCUT2D eigenvalue weighted by atomic mass is 9.90. The van der Waals surface area contributed by atoms with Gasteiger partial charge in [0.05, 0.1) is 5.56 Å². The van der Waals surface area contributed by atoms with Crippen LogP contribution in [0.1, 0.15) is 41.6 Å². The second kappa shape index (κ2) is 13.2. The highest BCUT2D eigenvalue weighted by atomic mass is 35.5. The number of hydrogen-bond acceptors (Lipinski definition) is 6. The number of nitrogens with zero attached hydrogens (tertiary/aromatic N) is 4. The fourth-order valence-electron chi connectivity index (χ4n) is 4.75. The Kier molecular flexibility index (Phi) is 10.4. The standard InChI is InChI=1S/C27H32ClF5N4O4/c1-35(2)23(38)20-9-10-21(34-22(20)28)37-14-11-17(12-15-37)6-5-13-36(3)24(39)26(40,27(31,32)33)18-7-4-8-19(16-18)41-25(29)30/h4,7-10,16-17,25,40H,5-6,11-15H2,1-3H3/t26-/m0/s1. The van der Waals surface area contributed by atoms with Gasteiger partial charge in [0.2, 0.25) is 0 Å². The number of likely N-dealkylation sites (N-methyl/N-ethyl adjacent to an activating group) is 1. The van der Waals surface area contributed by atoms with Gasteiger partial charge in [-0.2, -0.15) is 22.0 Å². The molecule has 0 aliphatic carbocycles. The summed E-state index contributed by atoms with van der Waals surface area (Å²) in [5.41, 5.74) is -4.55. The number of alkyl halides is 5. The van der Waals surface area contributed by atoms with E-state index in [1.807, 2.05) is 4.90 Å². The van der Waals surface area contributed by atoms with Crippen LogP contribution < -0.4 is 9.64 Å². The Morgan fingerprint density at radius 2 is 1.80 bits per heavy atom. The van der Waals surface area contributed by atoms with E-state index in [0.717, 1.165) is 43.0 Å². The van der Waals surface area contributed by atoms with Crippen LogP contribution in [-0.2, 0) is 10.4 Å². The summed E-state index contributed by atoms with van der Waals surface area (Å²) in [4.78, 5) is 33.7. The smallest absolute Gasteiger partial charge is 0.430 e. The molecule has 1 saturated heterocycles. The van der Waals surface area contributed by atoms with E-state index >= 15 is 0 Å². The number of aromatic nitrogens is 1. The second-order valence-electron chi connectivity index (χ2n) is 10.1. The molecule has 2 amide bonds. The Hall–Kier alpha value is -3.19. The van der Waals surface area contributed by atoms with Gasteiger partial charge in [-0.05, 0) is 55.9 Å². The van der Waals surface area contributed by atoms with E-state index in [9.17, 15) is 36.6 Å². The number of rotatable bonds is 10. The van der Waals surface area contributed by atoms with Gasteiger partial charge < -0.3 is 24.5 Å². The molecule has 1 aromatic heterocycles. The number of hydrogen-bond donors (Lipinski definition) is 1. The van der Waals surface area contributed by atoms with E-state index in [1.54, 1.807) is 26.2 Å². The minimum Gasteiger partial charge on any atom is -0.435 e. The minimum atomic E-state index is -5.41. The number of piperidine rings is 1. The van der Waals surface area contributed by atoms with Crippen LogP contribution in [0.4, 0.5) is 27.8 Å². The second-order valence-corrected chi connectivity index (χ2v) is 10.5. The predicted octanol–water partition coefficient (Wildman–Crippen LogP) is 4.94. The quantitative estimate of drug-likeness (QED) is 0.305. The van der Waals surface area contributed by atoms with Gasteiger partial charge in [0.25, 0.3) is 17.4 Å². The van der Waals surface area contributed by atoms with Crippen LogP contribution in [0.3, 0.4) is 0 Å². The van der Waals surface area contributed by atoms with Crippen LogP contribution in [0.5, 0.6) is 5.75 Å². The van der Waals surface area contributed by atoms with Gasteiger partial charge in [0, 0.05) is 46.3 Å². The predicted molar refractivity (Wildman–Crippen MR) is 142 cm³/mol. The third kappa shape index (κ3) is 7.56. The molecule has 8 nitrogen and oxygen atoms in total. The number of aliphatic hydroxyl groups is 1. The molecule has 1 fully saturated rings. The summed E-state index contributed by atoms with van der Waals surface area (Å²) in [6.07, 6.45) is -2.83. The van der Waals surface area contributed by atoms with Crippen molar-refractivity contribution < 1.29 is 41.4 Å². The molecule has 0 spiro atoms. The molecule has 1 atom stereocenters. The first kappa shape index (κ1) is 32.3. The molecule has 14 heteroatoms. The highest BCUT2D eigenvalue weighted by Crippen LogP contribution is 2.41. The summed E-state index contributed by atoms with van der Waals surface area (Å²) < 4.78 is 71.2. The van der Waals surface area contributed by atoms with Crippen molar-refractivity contribution in [3.63, 3.8) is 0 Å². The van der Waals surface area contributed by atoms with E-state index < -0.39 is 35.6 Å². The molecule has 41 heavy (non-hydrogen) atoms. The van der Waals surface area contributed by atoms with Crippen molar-refractivity contribution >= 4 is 29.2 Å². The largest absolute Gasteiger partial charge is 0.435 e. The van der Waals surface area contributed by atoms with Gasteiger partial charge in [-0.25, -0.2) is 4.98 Å². The maximum absolute atomic E-state index is 14.0. The van der Waals surface area contributed by atoms with E-state index in [0.29, 0.717) is 43.4 Å². The molecule has 2 aromatic rings. The van der Waals surface area contributed by atoms with Crippen molar-refractivity contribution in [1.82, 2.24) is 14.8 Å². The Labute approximate surface area is 239 Å². The number of anilines is 1. The Morgan fingerprint density at radius 1 is 1.15 bits per heavy atom. The van der Waals surface area contributed by atoms with Gasteiger partial charge >= 0.3 is 12.8 Å².